The molecule has 1 heterocycles. The van der Waals surface area contributed by atoms with E-state index >= 15 is 0 Å². The van der Waals surface area contributed by atoms with Crippen molar-refractivity contribution in [3.63, 3.8) is 0 Å². The third kappa shape index (κ3) is 5.10. The third-order valence-electron chi connectivity index (χ3n) is 5.24. The molecule has 33 heavy (non-hydrogen) atoms. The molecule has 0 aliphatic rings. The minimum absolute atomic E-state index is 0.209. The highest BCUT2D eigenvalue weighted by Crippen LogP contribution is 2.20. The lowest BCUT2D eigenvalue weighted by molar-refractivity contribution is -0.119. The lowest BCUT2D eigenvalue weighted by Crippen LogP contribution is -2.28. The third-order valence-corrected chi connectivity index (χ3v) is 5.24. The Balaban J connectivity index is 1.38. The van der Waals surface area contributed by atoms with Crippen LogP contribution in [0.25, 0.3) is 10.9 Å². The average molecular weight is 441 g/mol. The van der Waals surface area contributed by atoms with Crippen LogP contribution in [0.4, 0.5) is 5.69 Å². The molecule has 1 aromatic heterocycles. The fourth-order valence-corrected chi connectivity index (χ4v) is 3.53. The molecule has 3 N–H and O–H groups in total. The maximum absolute atomic E-state index is 12.8. The van der Waals surface area contributed by atoms with Gasteiger partial charge in [0, 0.05) is 17.1 Å². The molecule has 7 heteroatoms. The highest BCUT2D eigenvalue weighted by atomic mass is 16.5. The van der Waals surface area contributed by atoms with E-state index in [0.29, 0.717) is 16.8 Å². The van der Waals surface area contributed by atoms with Crippen LogP contribution in [0, 0.1) is 0 Å². The Morgan fingerprint density at radius 2 is 1.58 bits per heavy atom. The zero-order valence-corrected chi connectivity index (χ0v) is 18.0. The van der Waals surface area contributed by atoms with Gasteiger partial charge in [0.1, 0.15) is 0 Å². The monoisotopic (exact) mass is 441 g/mol. The molecule has 4 aromatic rings. The number of amides is 2. The minimum atomic E-state index is -0.606. The van der Waals surface area contributed by atoms with Gasteiger partial charge in [-0.3, -0.25) is 9.59 Å². The fourth-order valence-electron chi connectivity index (χ4n) is 3.53. The lowest BCUT2D eigenvalue weighted by atomic mass is 10.1. The minimum Gasteiger partial charge on any atom is -0.452 e. The summed E-state index contributed by atoms with van der Waals surface area (Å²) in [5.74, 6) is -1.47. The second-order valence-corrected chi connectivity index (χ2v) is 7.52. The predicted molar refractivity (Wildman–Crippen MR) is 126 cm³/mol. The number of benzene rings is 3. The number of H-pyrrole nitrogens is 1. The van der Waals surface area contributed by atoms with E-state index in [1.807, 2.05) is 55.5 Å². The summed E-state index contributed by atoms with van der Waals surface area (Å²) in [4.78, 5) is 40.7. The molecule has 0 aliphatic heterocycles. The van der Waals surface area contributed by atoms with E-state index in [9.17, 15) is 14.4 Å². The molecule has 166 valence electrons. The topological polar surface area (TPSA) is 100 Å². The van der Waals surface area contributed by atoms with Crippen LogP contribution >= 0.6 is 0 Å². The number of para-hydroxylation sites is 2. The lowest BCUT2D eigenvalue weighted by Gasteiger charge is -2.16. The van der Waals surface area contributed by atoms with Gasteiger partial charge in [0.25, 0.3) is 11.8 Å². The standard InChI is InChI=1S/C26H23N3O4/c1-17(18-9-3-2-4-10-18)28-25(31)20-12-6-8-14-23(20)29-24(30)16-33-26(32)21-15-27-22-13-7-5-11-19(21)22/h2-15,17,27H,16H2,1H3,(H,28,31)(H,29,30). The van der Waals surface area contributed by atoms with Crippen molar-refractivity contribution in [3.05, 3.63) is 102 Å². The first-order valence-corrected chi connectivity index (χ1v) is 10.5. The quantitative estimate of drug-likeness (QED) is 0.369. The molecule has 0 bridgehead atoms. The molecular weight excluding hydrogens is 418 g/mol. The van der Waals surface area contributed by atoms with Gasteiger partial charge in [0.2, 0.25) is 0 Å². The molecule has 2 amide bonds. The van der Waals surface area contributed by atoms with Crippen LogP contribution in [-0.4, -0.2) is 29.4 Å². The number of carbonyl (C=O) groups excluding carboxylic acids is 3. The number of nitrogens with one attached hydrogen (secondary N) is 3. The smallest absolute Gasteiger partial charge is 0.340 e. The largest absolute Gasteiger partial charge is 0.452 e. The van der Waals surface area contributed by atoms with Crippen molar-refractivity contribution in [2.75, 3.05) is 11.9 Å². The summed E-state index contributed by atoms with van der Waals surface area (Å²) in [6, 6.07) is 23.4. The number of esters is 1. The first-order chi connectivity index (χ1) is 16.0. The number of fused-ring (bicyclic) bond motifs is 1. The molecule has 1 unspecified atom stereocenters. The molecule has 7 nitrogen and oxygen atoms in total. The Labute approximate surface area is 190 Å². The van der Waals surface area contributed by atoms with E-state index in [1.165, 1.54) is 0 Å². The maximum atomic E-state index is 12.8. The number of hydrogen-bond acceptors (Lipinski definition) is 4. The molecule has 0 spiro atoms. The average Bonchev–Trinajstić information content (AvgIpc) is 3.28. The Bertz CT molecular complexity index is 1300. The molecule has 0 fully saturated rings. The van der Waals surface area contributed by atoms with Gasteiger partial charge in [-0.05, 0) is 30.7 Å². The summed E-state index contributed by atoms with van der Waals surface area (Å²) in [5, 5.41) is 6.31. The van der Waals surface area contributed by atoms with Crippen molar-refractivity contribution in [1.29, 1.82) is 0 Å². The Morgan fingerprint density at radius 3 is 2.39 bits per heavy atom. The van der Waals surface area contributed by atoms with Gasteiger partial charge in [-0.1, -0.05) is 60.7 Å². The van der Waals surface area contributed by atoms with Crippen molar-refractivity contribution in [2.24, 2.45) is 0 Å². The summed E-state index contributed by atoms with van der Waals surface area (Å²) in [7, 11) is 0. The number of aromatic amines is 1. The number of hydrogen-bond donors (Lipinski definition) is 3. The Kier molecular flexibility index (Phi) is 6.50. The maximum Gasteiger partial charge on any atom is 0.340 e. The van der Waals surface area contributed by atoms with Crippen molar-refractivity contribution < 1.29 is 19.1 Å². The highest BCUT2D eigenvalue weighted by Gasteiger charge is 2.18. The van der Waals surface area contributed by atoms with Gasteiger partial charge in [0.05, 0.1) is 22.9 Å². The van der Waals surface area contributed by atoms with E-state index in [2.05, 4.69) is 15.6 Å². The van der Waals surface area contributed by atoms with Gasteiger partial charge in [0.15, 0.2) is 6.61 Å². The van der Waals surface area contributed by atoms with Gasteiger partial charge in [-0.2, -0.15) is 0 Å². The number of rotatable bonds is 7. The van der Waals surface area contributed by atoms with Crippen LogP contribution in [0.15, 0.2) is 85.1 Å². The second-order valence-electron chi connectivity index (χ2n) is 7.52. The number of anilines is 1. The van der Waals surface area contributed by atoms with E-state index in [0.717, 1.165) is 16.5 Å². The first-order valence-electron chi connectivity index (χ1n) is 10.5. The molecule has 4 rings (SSSR count). The summed E-state index contributed by atoms with van der Waals surface area (Å²) >= 11 is 0. The second kappa shape index (κ2) is 9.82. The molecule has 1 atom stereocenters. The van der Waals surface area contributed by atoms with Crippen molar-refractivity contribution in [2.45, 2.75) is 13.0 Å². The zero-order chi connectivity index (χ0) is 23.2. The Hall–Kier alpha value is -4.39. The molecule has 0 radical (unpaired) electrons. The Morgan fingerprint density at radius 1 is 0.879 bits per heavy atom. The first kappa shape index (κ1) is 21.8. The van der Waals surface area contributed by atoms with Crippen LogP contribution in [0.2, 0.25) is 0 Å². The van der Waals surface area contributed by atoms with Crippen LogP contribution in [-0.2, 0) is 9.53 Å². The predicted octanol–water partition coefficient (Wildman–Crippen LogP) is 4.45. The molecular formula is C26H23N3O4. The van der Waals surface area contributed by atoms with Crippen molar-refractivity contribution in [1.82, 2.24) is 10.3 Å². The molecule has 3 aromatic carbocycles. The normalized spacial score (nSPS) is 11.5. The molecule has 0 saturated carbocycles. The van der Waals surface area contributed by atoms with Gasteiger partial charge in [-0.25, -0.2) is 4.79 Å². The fraction of sp³-hybridized carbons (Fsp3) is 0.115. The number of carbonyl (C=O) groups is 3. The SMILES string of the molecule is CC(NC(=O)c1ccccc1NC(=O)COC(=O)c1c[nH]c2ccccc12)c1ccccc1. The van der Waals surface area contributed by atoms with Crippen LogP contribution in [0.5, 0.6) is 0 Å². The van der Waals surface area contributed by atoms with Crippen LogP contribution in [0.3, 0.4) is 0 Å². The van der Waals surface area contributed by atoms with Gasteiger partial charge < -0.3 is 20.4 Å². The van der Waals surface area contributed by atoms with Gasteiger partial charge in [-0.15, -0.1) is 0 Å². The van der Waals surface area contributed by atoms with E-state index in [1.54, 1.807) is 36.5 Å². The van der Waals surface area contributed by atoms with Crippen LogP contribution < -0.4 is 10.6 Å². The van der Waals surface area contributed by atoms with Crippen LogP contribution in [0.1, 0.15) is 39.2 Å². The highest BCUT2D eigenvalue weighted by molar-refractivity contribution is 6.06. The van der Waals surface area contributed by atoms with Crippen molar-refractivity contribution in [3.8, 4) is 0 Å². The molecule has 0 aliphatic carbocycles. The van der Waals surface area contributed by atoms with E-state index < -0.39 is 18.5 Å². The summed E-state index contributed by atoms with van der Waals surface area (Å²) in [6.07, 6.45) is 1.55. The summed E-state index contributed by atoms with van der Waals surface area (Å²) < 4.78 is 5.18. The summed E-state index contributed by atoms with van der Waals surface area (Å²) in [5.41, 5.74) is 2.78. The van der Waals surface area contributed by atoms with Crippen molar-refractivity contribution >= 4 is 34.4 Å². The zero-order valence-electron chi connectivity index (χ0n) is 18.0. The van der Waals surface area contributed by atoms with Gasteiger partial charge >= 0.3 is 5.97 Å². The number of aromatic nitrogens is 1. The van der Waals surface area contributed by atoms with E-state index in [4.69, 9.17) is 4.74 Å². The van der Waals surface area contributed by atoms with E-state index in [-0.39, 0.29) is 11.9 Å². The number of ether oxygens (including phenoxy) is 1. The summed E-state index contributed by atoms with van der Waals surface area (Å²) in [6.45, 7) is 1.41. The molecule has 0 saturated heterocycles.